The number of carbonyl (C=O) groups is 10. The van der Waals surface area contributed by atoms with Crippen molar-refractivity contribution in [3.8, 4) is 0 Å². The monoisotopic (exact) mass is 791 g/mol. The number of nitrogens with one attached hydrogen (secondary N) is 2. The molecule has 1 rings (SSSR count). The lowest BCUT2D eigenvalue weighted by atomic mass is 9.79. The van der Waals surface area contributed by atoms with Crippen LogP contribution in [-0.4, -0.2) is 145 Å². The minimum atomic E-state index is -2.08. The van der Waals surface area contributed by atoms with E-state index in [1.54, 1.807) is 13.8 Å². The van der Waals surface area contributed by atoms with Crippen LogP contribution in [0.25, 0.3) is 0 Å². The van der Waals surface area contributed by atoms with E-state index < -0.39 is 109 Å². The smallest absolute Gasteiger partial charge is 0.374 e. The zero-order valence-corrected chi connectivity index (χ0v) is 32.4. The van der Waals surface area contributed by atoms with Gasteiger partial charge in [0.15, 0.2) is 0 Å². The van der Waals surface area contributed by atoms with Crippen molar-refractivity contribution >= 4 is 59.1 Å². The molecule has 1 unspecified atom stereocenters. The Balaban J connectivity index is 0. The van der Waals surface area contributed by atoms with Crippen LogP contribution in [0.5, 0.6) is 0 Å². The van der Waals surface area contributed by atoms with Gasteiger partial charge in [-0.05, 0) is 90.8 Å². The fraction of sp³-hybridized carbons (Fsp3) is 0.714. The minimum Gasteiger partial charge on any atom is -0.480 e. The highest BCUT2D eigenvalue weighted by atomic mass is 16.6. The third kappa shape index (κ3) is 20.0. The van der Waals surface area contributed by atoms with E-state index in [9.17, 15) is 53.1 Å². The lowest BCUT2D eigenvalue weighted by molar-refractivity contribution is -0.169. The SMILES string of the molecule is CNC(CC(C)C)C(=O)OC(=O)[C@H](CC(C)C)N(C)C(CCCC(=O)C(=O)O)(CCCC(=O)C(=O)O)C(=O)C(=O)O.C[C@H](O)C(=O)O.O=C(O)[C@@H]1CCCN1. The van der Waals surface area contributed by atoms with E-state index in [0.29, 0.717) is 6.42 Å². The second kappa shape index (κ2) is 26.2. The molecule has 314 valence electrons. The maximum atomic E-state index is 13.4. The van der Waals surface area contributed by atoms with Crippen molar-refractivity contribution < 1.29 is 83.3 Å². The zero-order valence-electron chi connectivity index (χ0n) is 32.4. The van der Waals surface area contributed by atoms with Crippen LogP contribution in [0.2, 0.25) is 0 Å². The Kier molecular flexibility index (Phi) is 25.0. The van der Waals surface area contributed by atoms with Crippen LogP contribution in [0.15, 0.2) is 0 Å². The summed E-state index contributed by atoms with van der Waals surface area (Å²) in [5.74, 6) is -13.1. The van der Waals surface area contributed by atoms with Crippen molar-refractivity contribution in [3.05, 3.63) is 0 Å². The van der Waals surface area contributed by atoms with E-state index >= 15 is 0 Å². The largest absolute Gasteiger partial charge is 0.480 e. The summed E-state index contributed by atoms with van der Waals surface area (Å²) >= 11 is 0. The van der Waals surface area contributed by atoms with Gasteiger partial charge in [0.05, 0.1) is 5.54 Å². The summed E-state index contributed by atoms with van der Waals surface area (Å²) in [6, 6.07) is -2.43. The molecular formula is C35H57N3O17. The van der Waals surface area contributed by atoms with Gasteiger partial charge in [-0.2, -0.15) is 0 Å². The number of aliphatic carboxylic acids is 5. The molecule has 0 aromatic heterocycles. The highest BCUT2D eigenvalue weighted by Crippen LogP contribution is 2.33. The van der Waals surface area contributed by atoms with Gasteiger partial charge in [0.1, 0.15) is 24.2 Å². The maximum Gasteiger partial charge on any atom is 0.374 e. The number of likely N-dealkylation sites (N-methyl/N-ethyl adjacent to an activating group) is 2. The molecule has 0 aliphatic carbocycles. The molecule has 4 atom stereocenters. The number of carboxylic acids is 5. The van der Waals surface area contributed by atoms with Crippen molar-refractivity contribution in [1.29, 1.82) is 0 Å². The predicted octanol–water partition coefficient (Wildman–Crippen LogP) is 0.352. The molecule has 1 heterocycles. The van der Waals surface area contributed by atoms with Gasteiger partial charge in [0.2, 0.25) is 11.6 Å². The van der Waals surface area contributed by atoms with Gasteiger partial charge in [0.25, 0.3) is 5.78 Å². The van der Waals surface area contributed by atoms with Gasteiger partial charge in [-0.1, -0.05) is 27.7 Å². The summed E-state index contributed by atoms with van der Waals surface area (Å²) in [7, 11) is 2.78. The number of hydrogen-bond acceptors (Lipinski definition) is 15. The molecule has 20 nitrogen and oxygen atoms in total. The van der Waals surface area contributed by atoms with E-state index in [1.807, 2.05) is 13.8 Å². The van der Waals surface area contributed by atoms with Crippen molar-refractivity contribution in [2.24, 2.45) is 11.8 Å². The number of hydrogen-bond donors (Lipinski definition) is 8. The molecule has 0 aromatic rings. The van der Waals surface area contributed by atoms with Crippen LogP contribution in [0, 0.1) is 11.8 Å². The van der Waals surface area contributed by atoms with E-state index in [1.165, 1.54) is 21.0 Å². The maximum absolute atomic E-state index is 13.4. The standard InChI is InChI=1S/C27H42N2O12.C5H9NO2.C3H6O3/c1-15(2)13-17(28-5)25(39)41-26(40)18(14-16(3)4)29(6)27(21(32)24(37)38,11-7-9-19(30)22(33)34)12-8-10-20(31)23(35)36;7-5(8)4-2-1-3-6-4;1-2(4)3(5)6/h15-18,28H,7-14H2,1-6H3,(H,33,34)(H,35,36)(H,37,38);4,6H,1-3H2,(H,7,8);2,4H,1H3,(H,5,6)/t17?,18-;4-;2-/m000/s1. The molecule has 0 bridgehead atoms. The Morgan fingerprint density at radius 3 is 1.51 bits per heavy atom. The number of rotatable bonds is 23. The molecule has 0 aromatic carbocycles. The van der Waals surface area contributed by atoms with Gasteiger partial charge >= 0.3 is 41.8 Å². The van der Waals surface area contributed by atoms with Gasteiger partial charge in [-0.15, -0.1) is 0 Å². The number of aliphatic hydroxyl groups is 1. The number of carboxylic acid groups (broad SMARTS) is 5. The fourth-order valence-corrected chi connectivity index (χ4v) is 5.45. The van der Waals surface area contributed by atoms with E-state index in [0.717, 1.165) is 24.3 Å². The molecule has 1 aliphatic heterocycles. The van der Waals surface area contributed by atoms with Crippen LogP contribution in [0.4, 0.5) is 0 Å². The first kappa shape index (κ1) is 52.4. The lowest BCUT2D eigenvalue weighted by Gasteiger charge is -2.43. The van der Waals surface area contributed by atoms with E-state index in [-0.39, 0.29) is 37.1 Å². The molecule has 0 amide bonds. The molecule has 8 N–H and O–H groups in total. The second-order valence-electron chi connectivity index (χ2n) is 13.8. The molecule has 0 spiro atoms. The van der Waals surface area contributed by atoms with Crippen LogP contribution >= 0.6 is 0 Å². The molecule has 0 saturated carbocycles. The zero-order chi connectivity index (χ0) is 43.2. The minimum absolute atomic E-state index is 0.00771. The number of esters is 2. The topological polar surface area (TPSA) is 329 Å². The van der Waals surface area contributed by atoms with Crippen LogP contribution in [0.3, 0.4) is 0 Å². The predicted molar refractivity (Wildman–Crippen MR) is 191 cm³/mol. The lowest BCUT2D eigenvalue weighted by Crippen LogP contribution is -2.61. The first-order valence-corrected chi connectivity index (χ1v) is 17.7. The van der Waals surface area contributed by atoms with Gasteiger partial charge in [-0.3, -0.25) is 24.1 Å². The van der Waals surface area contributed by atoms with E-state index in [2.05, 4.69) is 10.6 Å². The first-order valence-electron chi connectivity index (χ1n) is 17.7. The summed E-state index contributed by atoms with van der Waals surface area (Å²) in [6.07, 6.45) is -1.59. The molecule has 1 aliphatic rings. The number of Topliss-reactive ketones (excluding diaryl/α,β-unsaturated/α-hetero) is 3. The highest BCUT2D eigenvalue weighted by molar-refractivity contribution is 6.36. The van der Waals surface area contributed by atoms with Crippen LogP contribution < -0.4 is 10.6 Å². The average molecular weight is 792 g/mol. The Morgan fingerprint density at radius 2 is 1.22 bits per heavy atom. The summed E-state index contributed by atoms with van der Waals surface area (Å²) in [6.45, 7) is 9.26. The summed E-state index contributed by atoms with van der Waals surface area (Å²) in [4.78, 5) is 118. The van der Waals surface area contributed by atoms with Crippen molar-refractivity contribution in [3.63, 3.8) is 0 Å². The number of aliphatic hydroxyl groups excluding tert-OH is 1. The molecule has 1 fully saturated rings. The molecule has 20 heteroatoms. The van der Waals surface area contributed by atoms with Crippen LogP contribution in [0.1, 0.15) is 98.8 Å². The Bertz CT molecular complexity index is 1320. The fourth-order valence-electron chi connectivity index (χ4n) is 5.45. The number of nitrogens with zero attached hydrogens (tertiary/aromatic N) is 1. The normalized spacial score (nSPS) is 15.4. The second-order valence-corrected chi connectivity index (χ2v) is 13.8. The van der Waals surface area contributed by atoms with Crippen molar-refractivity contribution in [2.45, 2.75) is 129 Å². The Labute approximate surface area is 319 Å². The summed E-state index contributed by atoms with van der Waals surface area (Å²) in [5, 5.41) is 57.3. The number of ketones is 3. The van der Waals surface area contributed by atoms with Crippen LogP contribution in [-0.2, 0) is 52.7 Å². The molecule has 0 radical (unpaired) electrons. The molecule has 1 saturated heterocycles. The number of ether oxygens (including phenoxy) is 1. The molecule has 55 heavy (non-hydrogen) atoms. The Hall–Kier alpha value is -4.66. The Morgan fingerprint density at radius 1 is 0.764 bits per heavy atom. The molecular weight excluding hydrogens is 734 g/mol. The summed E-state index contributed by atoms with van der Waals surface area (Å²) < 4.78 is 5.17. The summed E-state index contributed by atoms with van der Waals surface area (Å²) in [5.41, 5.74) is -2.08. The third-order valence-electron chi connectivity index (χ3n) is 8.45. The number of carbonyl (C=O) groups excluding carboxylic acids is 5. The van der Waals surface area contributed by atoms with E-state index in [4.69, 9.17) is 30.3 Å². The van der Waals surface area contributed by atoms with Gasteiger partial charge < -0.3 is 46.0 Å². The van der Waals surface area contributed by atoms with Crippen molar-refractivity contribution in [1.82, 2.24) is 15.5 Å². The highest BCUT2D eigenvalue weighted by Gasteiger charge is 2.49. The van der Waals surface area contributed by atoms with Gasteiger partial charge in [0, 0.05) is 12.8 Å². The third-order valence-corrected chi connectivity index (χ3v) is 8.45. The van der Waals surface area contributed by atoms with Gasteiger partial charge in [-0.25, -0.2) is 28.8 Å². The quantitative estimate of drug-likeness (QED) is 0.0393. The van der Waals surface area contributed by atoms with Crippen molar-refractivity contribution in [2.75, 3.05) is 20.6 Å². The first-order chi connectivity index (χ1) is 25.4. The average Bonchev–Trinajstić information content (AvgIpc) is 3.64.